The molecule has 0 aromatic heterocycles. The van der Waals surface area contributed by atoms with Crippen molar-refractivity contribution in [3.63, 3.8) is 0 Å². The van der Waals surface area contributed by atoms with E-state index in [-0.39, 0.29) is 37.7 Å². The first-order chi connectivity index (χ1) is 6.79. The molecular formula is C12H8Br2Ca. The summed E-state index contributed by atoms with van der Waals surface area (Å²) >= 11 is 6.58. The molecule has 0 spiro atoms. The van der Waals surface area contributed by atoms with E-state index in [0.29, 0.717) is 0 Å². The van der Waals surface area contributed by atoms with Crippen LogP contribution in [0.15, 0.2) is 57.5 Å². The van der Waals surface area contributed by atoms with Crippen LogP contribution in [-0.4, -0.2) is 37.7 Å². The molecule has 0 unspecified atom stereocenters. The largest absolute Gasteiger partial charge is 2.00 e. The molecule has 0 aliphatic heterocycles. The second-order valence-corrected chi connectivity index (χ2v) is 4.27. The number of hydrogen-bond donors (Lipinski definition) is 0. The Morgan fingerprint density at radius 3 is 1.07 bits per heavy atom. The summed E-state index contributed by atoms with van der Waals surface area (Å²) in [6.45, 7) is 0. The standard InChI is InChI=1S/2C6H4Br.Ca/c2*7-6-4-2-1-3-5-6;/h2*2-5H;/q2*-1;+2. The molecule has 3 heteroatoms. The van der Waals surface area contributed by atoms with Crippen LogP contribution in [0.5, 0.6) is 0 Å². The van der Waals surface area contributed by atoms with Gasteiger partial charge in [-0.3, -0.25) is 0 Å². The second-order valence-electron chi connectivity index (χ2n) is 2.44. The Bertz CT molecular complexity index is 311. The minimum Gasteiger partial charge on any atom is -0.184 e. The predicted molar refractivity (Wildman–Crippen MR) is 71.7 cm³/mol. The Morgan fingerprint density at radius 2 is 0.933 bits per heavy atom. The SMILES string of the molecule is Brc1cc[c-]cc1.Brc1cc[c-]cc1.[Ca+2]. The molecule has 15 heavy (non-hydrogen) atoms. The van der Waals surface area contributed by atoms with Crippen molar-refractivity contribution >= 4 is 69.6 Å². The molecule has 0 bridgehead atoms. The number of rotatable bonds is 0. The number of halogens is 2. The van der Waals surface area contributed by atoms with Gasteiger partial charge in [0.05, 0.1) is 0 Å². The first-order valence-corrected chi connectivity index (χ1v) is 5.61. The quantitative estimate of drug-likeness (QED) is 0.494. The molecule has 0 amide bonds. The van der Waals surface area contributed by atoms with Gasteiger partial charge in [-0.05, 0) is 0 Å². The summed E-state index contributed by atoms with van der Waals surface area (Å²) in [5, 5.41) is 0. The molecule has 0 saturated heterocycles. The van der Waals surface area contributed by atoms with Gasteiger partial charge in [0, 0.05) is 0 Å². The zero-order valence-corrected chi connectivity index (χ0v) is 13.5. The van der Waals surface area contributed by atoms with Gasteiger partial charge in [0.2, 0.25) is 0 Å². The topological polar surface area (TPSA) is 0 Å². The van der Waals surface area contributed by atoms with Gasteiger partial charge in [-0.2, -0.15) is 60.7 Å². The Balaban J connectivity index is 0.000000245. The summed E-state index contributed by atoms with van der Waals surface area (Å²) in [5.74, 6) is 0. The number of hydrogen-bond acceptors (Lipinski definition) is 0. The maximum absolute atomic E-state index is 3.29. The minimum atomic E-state index is 0. The Kier molecular flexibility index (Phi) is 10.3. The molecule has 0 fully saturated rings. The van der Waals surface area contributed by atoms with Crippen LogP contribution in [0.3, 0.4) is 0 Å². The number of benzene rings is 2. The molecule has 0 nitrogen and oxygen atoms in total. The van der Waals surface area contributed by atoms with Gasteiger partial charge in [-0.1, -0.05) is 40.8 Å². The Labute approximate surface area is 137 Å². The summed E-state index contributed by atoms with van der Waals surface area (Å²) in [5.41, 5.74) is 0. The van der Waals surface area contributed by atoms with Crippen LogP contribution >= 0.6 is 31.9 Å². The van der Waals surface area contributed by atoms with E-state index in [1.807, 2.05) is 48.5 Å². The molecule has 2 aromatic rings. The normalized spacial score (nSPS) is 8.13. The van der Waals surface area contributed by atoms with E-state index < -0.39 is 0 Å². The minimum absolute atomic E-state index is 0. The van der Waals surface area contributed by atoms with Crippen LogP contribution in [0.1, 0.15) is 0 Å². The first kappa shape index (κ1) is 15.7. The fraction of sp³-hybridized carbons (Fsp3) is 0. The summed E-state index contributed by atoms with van der Waals surface area (Å²) in [7, 11) is 0. The van der Waals surface area contributed by atoms with E-state index in [1.165, 1.54) is 0 Å². The Hall–Kier alpha value is 0.660. The first-order valence-electron chi connectivity index (χ1n) is 4.02. The average Bonchev–Trinajstić information content (AvgIpc) is 2.21. The molecule has 0 atom stereocenters. The van der Waals surface area contributed by atoms with Crippen LogP contribution in [-0.2, 0) is 0 Å². The van der Waals surface area contributed by atoms with E-state index >= 15 is 0 Å². The van der Waals surface area contributed by atoms with Crippen molar-refractivity contribution in [3.8, 4) is 0 Å². The summed E-state index contributed by atoms with van der Waals surface area (Å²) in [6.07, 6.45) is 0. The third kappa shape index (κ3) is 8.47. The van der Waals surface area contributed by atoms with E-state index in [4.69, 9.17) is 0 Å². The van der Waals surface area contributed by atoms with Gasteiger partial charge in [0.1, 0.15) is 0 Å². The smallest absolute Gasteiger partial charge is 0.184 e. The van der Waals surface area contributed by atoms with E-state index in [9.17, 15) is 0 Å². The molecule has 72 valence electrons. The van der Waals surface area contributed by atoms with Gasteiger partial charge in [-0.25, -0.2) is 0 Å². The van der Waals surface area contributed by atoms with E-state index in [2.05, 4.69) is 44.0 Å². The van der Waals surface area contributed by atoms with Crippen LogP contribution < -0.4 is 0 Å². The van der Waals surface area contributed by atoms with Crippen LogP contribution in [0.4, 0.5) is 0 Å². The monoisotopic (exact) mass is 350 g/mol. The van der Waals surface area contributed by atoms with Crippen LogP contribution in [0.2, 0.25) is 0 Å². The molecule has 0 radical (unpaired) electrons. The van der Waals surface area contributed by atoms with Crippen molar-refractivity contribution in [2.24, 2.45) is 0 Å². The Morgan fingerprint density at radius 1 is 0.667 bits per heavy atom. The van der Waals surface area contributed by atoms with E-state index in [0.717, 1.165) is 8.95 Å². The molecule has 0 aliphatic rings. The van der Waals surface area contributed by atoms with Crippen molar-refractivity contribution in [2.75, 3.05) is 0 Å². The van der Waals surface area contributed by atoms with Crippen molar-refractivity contribution < 1.29 is 0 Å². The second kappa shape index (κ2) is 9.86. The van der Waals surface area contributed by atoms with Crippen molar-refractivity contribution in [2.45, 2.75) is 0 Å². The van der Waals surface area contributed by atoms with Gasteiger partial charge < -0.3 is 0 Å². The van der Waals surface area contributed by atoms with Gasteiger partial charge >= 0.3 is 37.7 Å². The fourth-order valence-electron chi connectivity index (χ4n) is 0.733. The van der Waals surface area contributed by atoms with Gasteiger partial charge in [0.25, 0.3) is 0 Å². The predicted octanol–water partition coefficient (Wildman–Crippen LogP) is 4.12. The van der Waals surface area contributed by atoms with Gasteiger partial charge in [-0.15, -0.1) is 0 Å². The summed E-state index contributed by atoms with van der Waals surface area (Å²) in [6, 6.07) is 21.0. The van der Waals surface area contributed by atoms with Crippen molar-refractivity contribution in [1.29, 1.82) is 0 Å². The molecule has 0 saturated carbocycles. The van der Waals surface area contributed by atoms with Crippen molar-refractivity contribution in [1.82, 2.24) is 0 Å². The molecule has 0 heterocycles. The fourth-order valence-corrected chi connectivity index (χ4v) is 1.26. The average molecular weight is 352 g/mol. The third-order valence-electron chi connectivity index (χ3n) is 1.36. The molecular weight excluding hydrogens is 344 g/mol. The third-order valence-corrected chi connectivity index (χ3v) is 2.41. The molecule has 0 aliphatic carbocycles. The molecule has 2 aromatic carbocycles. The van der Waals surface area contributed by atoms with E-state index in [1.54, 1.807) is 0 Å². The van der Waals surface area contributed by atoms with Crippen LogP contribution in [0.25, 0.3) is 0 Å². The van der Waals surface area contributed by atoms with Gasteiger partial charge in [0.15, 0.2) is 0 Å². The summed E-state index contributed by atoms with van der Waals surface area (Å²) in [4.78, 5) is 0. The summed E-state index contributed by atoms with van der Waals surface area (Å²) < 4.78 is 2.21. The zero-order valence-electron chi connectivity index (χ0n) is 8.08. The van der Waals surface area contributed by atoms with Crippen LogP contribution in [0, 0.1) is 12.1 Å². The maximum atomic E-state index is 3.29. The molecule has 0 N–H and O–H groups in total. The van der Waals surface area contributed by atoms with Crippen molar-refractivity contribution in [3.05, 3.63) is 69.6 Å². The maximum Gasteiger partial charge on any atom is 2.00 e. The molecule has 2 rings (SSSR count). The zero-order chi connectivity index (χ0) is 10.2.